The molecule has 1 heterocycles. The minimum Gasteiger partial charge on any atom is -0.480 e. The fraction of sp³-hybridized carbons (Fsp3) is 0.231. The molecule has 0 saturated carbocycles. The van der Waals surface area contributed by atoms with Crippen molar-refractivity contribution >= 4 is 22.8 Å². The summed E-state index contributed by atoms with van der Waals surface area (Å²) in [5, 5.41) is 12.2. The number of H-pyrrole nitrogens is 1. The Morgan fingerprint density at radius 3 is 2.89 bits per heavy atom. The Morgan fingerprint density at radius 2 is 2.22 bits per heavy atom. The van der Waals surface area contributed by atoms with Crippen LogP contribution in [-0.2, 0) is 16.0 Å². The molecule has 1 aromatic heterocycles. The minimum absolute atomic E-state index is 0.468. The number of carbonyl (C=O) groups excluding carboxylic acids is 1. The maximum atomic E-state index is 11.2. The number of hydrogen-bond donors (Lipinski definition) is 3. The van der Waals surface area contributed by atoms with E-state index in [1.54, 1.807) is 6.20 Å². The van der Waals surface area contributed by atoms with Crippen LogP contribution in [0.2, 0.25) is 0 Å². The molecule has 0 bridgehead atoms. The highest BCUT2D eigenvalue weighted by Gasteiger charge is 2.20. The first-order valence-electron chi connectivity index (χ1n) is 6.06. The predicted octanol–water partition coefficient (Wildman–Crippen LogP) is 1.30. The predicted molar refractivity (Wildman–Crippen MR) is 67.2 cm³/mol. The summed E-state index contributed by atoms with van der Waals surface area (Å²) in [6, 6.07) is 6.07. The van der Waals surface area contributed by atoms with Crippen LogP contribution in [0.1, 0.15) is 13.9 Å². The molecule has 0 aliphatic carbocycles. The number of carbonyl (C=O) groups is 2. The van der Waals surface area contributed by atoms with E-state index < -0.39 is 24.3 Å². The monoisotopic (exact) mass is 247 g/mol. The smallest absolute Gasteiger partial charge is 0.326 e. The third-order valence-corrected chi connectivity index (χ3v) is 2.59. The van der Waals surface area contributed by atoms with Crippen LogP contribution in [0.4, 0.5) is 0 Å². The first-order chi connectivity index (χ1) is 9.00. The first kappa shape index (κ1) is 10.8. The second-order valence-electron chi connectivity index (χ2n) is 3.97. The first-order valence-corrected chi connectivity index (χ1v) is 5.49. The van der Waals surface area contributed by atoms with Crippen LogP contribution in [0.5, 0.6) is 0 Å². The average molecular weight is 247 g/mol. The van der Waals surface area contributed by atoms with Gasteiger partial charge in [-0.15, -0.1) is 0 Å². The van der Waals surface area contributed by atoms with Crippen molar-refractivity contribution in [2.45, 2.75) is 19.4 Å². The number of amides is 1. The van der Waals surface area contributed by atoms with Gasteiger partial charge < -0.3 is 15.4 Å². The van der Waals surface area contributed by atoms with Crippen molar-refractivity contribution in [1.29, 1.82) is 0 Å². The molecule has 18 heavy (non-hydrogen) atoms. The Bertz CT molecular complexity index is 623. The van der Waals surface area contributed by atoms with Gasteiger partial charge in [-0.05, 0) is 11.6 Å². The van der Waals surface area contributed by atoms with Gasteiger partial charge in [-0.25, -0.2) is 4.79 Å². The Kier molecular flexibility index (Phi) is 2.96. The normalized spacial score (nSPS) is 14.8. The number of rotatable bonds is 4. The second kappa shape index (κ2) is 4.91. The van der Waals surface area contributed by atoms with Crippen LogP contribution < -0.4 is 5.32 Å². The molecule has 0 spiro atoms. The standard InChI is InChI=1S/C13H14N2O3/c1-8(16)15-12(13(17)18)6-9-7-14-11-5-3-2-4-10(9)11/h2-5,7,12,14H,6H2,1H3,(H,15,16)(H,17,18)/t12-/m1/s1/i6D/t6-,12-. The van der Waals surface area contributed by atoms with Crippen LogP contribution in [0.25, 0.3) is 10.9 Å². The summed E-state index contributed by atoms with van der Waals surface area (Å²) >= 11 is 0. The largest absolute Gasteiger partial charge is 0.480 e. The summed E-state index contributed by atoms with van der Waals surface area (Å²) in [6.07, 6.45) is 0.539. The fourth-order valence-electron chi connectivity index (χ4n) is 1.81. The molecule has 0 aliphatic rings. The highest BCUT2D eigenvalue weighted by Crippen LogP contribution is 2.19. The molecule has 0 saturated heterocycles. The zero-order valence-electron chi connectivity index (χ0n) is 10.8. The van der Waals surface area contributed by atoms with E-state index in [9.17, 15) is 9.59 Å². The summed E-state index contributed by atoms with van der Waals surface area (Å²) in [5.74, 6) is -1.69. The van der Waals surface area contributed by atoms with E-state index in [4.69, 9.17) is 6.48 Å². The van der Waals surface area contributed by atoms with Crippen molar-refractivity contribution in [1.82, 2.24) is 10.3 Å². The topological polar surface area (TPSA) is 82.2 Å². The van der Waals surface area contributed by atoms with Crippen LogP contribution in [0.15, 0.2) is 30.5 Å². The molecule has 2 aromatic rings. The van der Waals surface area contributed by atoms with Crippen LogP contribution in [-0.4, -0.2) is 28.0 Å². The van der Waals surface area contributed by atoms with E-state index in [-0.39, 0.29) is 0 Å². The van der Waals surface area contributed by atoms with Crippen LogP contribution in [0.3, 0.4) is 0 Å². The SMILES string of the molecule is [2H][C@H](c1c[nH]c2ccccc12)[C@@H](NC(C)=O)C(=O)O. The average Bonchev–Trinajstić information content (AvgIpc) is 2.78. The van der Waals surface area contributed by atoms with Gasteiger partial charge in [0.2, 0.25) is 5.91 Å². The molecule has 0 radical (unpaired) electrons. The van der Waals surface area contributed by atoms with Gasteiger partial charge in [-0.1, -0.05) is 18.2 Å². The quantitative estimate of drug-likeness (QED) is 0.761. The molecule has 2 rings (SSSR count). The van der Waals surface area contributed by atoms with Gasteiger partial charge >= 0.3 is 5.97 Å². The molecule has 0 unspecified atom stereocenters. The Hall–Kier alpha value is -2.30. The van der Waals surface area contributed by atoms with E-state index in [0.717, 1.165) is 10.9 Å². The second-order valence-corrected chi connectivity index (χ2v) is 3.97. The number of carboxylic acids is 1. The van der Waals surface area contributed by atoms with Crippen LogP contribution in [0, 0.1) is 0 Å². The van der Waals surface area contributed by atoms with E-state index >= 15 is 0 Å². The van der Waals surface area contributed by atoms with Crippen molar-refractivity contribution < 1.29 is 16.1 Å². The molecule has 2 atom stereocenters. The minimum atomic E-state index is -1.27. The zero-order valence-corrected chi connectivity index (χ0v) is 9.81. The molecule has 3 N–H and O–H groups in total. The van der Waals surface area contributed by atoms with Gasteiger partial charge in [0.25, 0.3) is 0 Å². The lowest BCUT2D eigenvalue weighted by Gasteiger charge is -2.12. The number of nitrogens with one attached hydrogen (secondary N) is 2. The summed E-state index contributed by atoms with van der Waals surface area (Å²) in [6.45, 7) is 1.23. The van der Waals surface area contributed by atoms with Crippen molar-refractivity contribution in [2.75, 3.05) is 0 Å². The summed E-state index contributed by atoms with van der Waals surface area (Å²) < 4.78 is 8.08. The number of aromatic amines is 1. The van der Waals surface area contributed by atoms with Gasteiger partial charge in [0.1, 0.15) is 6.04 Å². The number of aromatic nitrogens is 1. The molecule has 94 valence electrons. The van der Waals surface area contributed by atoms with Crippen molar-refractivity contribution in [3.05, 3.63) is 36.0 Å². The number of carboxylic acid groups (broad SMARTS) is 1. The Balaban J connectivity index is 2.38. The summed E-state index contributed by atoms with van der Waals surface area (Å²) in [5.41, 5.74) is 1.39. The van der Waals surface area contributed by atoms with E-state index in [1.165, 1.54) is 6.92 Å². The molecule has 0 aliphatic heterocycles. The van der Waals surface area contributed by atoms with Gasteiger partial charge in [0, 0.05) is 31.8 Å². The lowest BCUT2D eigenvalue weighted by atomic mass is 10.1. The van der Waals surface area contributed by atoms with Gasteiger partial charge in [-0.2, -0.15) is 0 Å². The maximum Gasteiger partial charge on any atom is 0.326 e. The van der Waals surface area contributed by atoms with Crippen molar-refractivity contribution in [3.8, 4) is 0 Å². The van der Waals surface area contributed by atoms with Crippen molar-refractivity contribution in [2.24, 2.45) is 0 Å². The van der Waals surface area contributed by atoms with Gasteiger partial charge in [0.15, 0.2) is 0 Å². The molecule has 0 fully saturated rings. The van der Waals surface area contributed by atoms with Crippen LogP contribution >= 0.6 is 0 Å². The molecule has 5 heteroatoms. The van der Waals surface area contributed by atoms with Crippen molar-refractivity contribution in [3.63, 3.8) is 0 Å². The lowest BCUT2D eigenvalue weighted by Crippen LogP contribution is -2.41. The summed E-state index contributed by atoms with van der Waals surface area (Å²) in [7, 11) is 0. The van der Waals surface area contributed by atoms with E-state index in [0.29, 0.717) is 5.56 Å². The fourth-order valence-corrected chi connectivity index (χ4v) is 1.81. The number of para-hydroxylation sites is 1. The number of fused-ring (bicyclic) bond motifs is 1. The Morgan fingerprint density at radius 1 is 1.50 bits per heavy atom. The molecule has 1 amide bonds. The summed E-state index contributed by atoms with van der Waals surface area (Å²) in [4.78, 5) is 25.2. The number of benzene rings is 1. The molecule has 1 aromatic carbocycles. The van der Waals surface area contributed by atoms with Gasteiger partial charge in [0.05, 0.1) is 0 Å². The van der Waals surface area contributed by atoms with E-state index in [1.807, 2.05) is 24.3 Å². The lowest BCUT2D eigenvalue weighted by molar-refractivity contribution is -0.141. The number of aliphatic carboxylic acids is 1. The Labute approximate surface area is 105 Å². The highest BCUT2D eigenvalue weighted by atomic mass is 16.4. The van der Waals surface area contributed by atoms with E-state index in [2.05, 4.69) is 10.3 Å². The van der Waals surface area contributed by atoms with Gasteiger partial charge in [-0.3, -0.25) is 4.79 Å². The molecular formula is C13H14N2O3. The third-order valence-electron chi connectivity index (χ3n) is 2.59. The number of hydrogen-bond acceptors (Lipinski definition) is 2. The highest BCUT2D eigenvalue weighted by molar-refractivity contribution is 5.86. The maximum absolute atomic E-state index is 11.2. The molecular weight excluding hydrogens is 232 g/mol. The zero-order chi connectivity index (χ0) is 14.0. The third kappa shape index (κ3) is 2.51. The molecule has 5 nitrogen and oxygen atoms in total.